The Kier molecular flexibility index (Phi) is 5.85. The van der Waals surface area contributed by atoms with Crippen molar-refractivity contribution in [1.29, 1.82) is 0 Å². The van der Waals surface area contributed by atoms with E-state index in [2.05, 4.69) is 19.0 Å². The molecule has 3 heterocycles. The van der Waals surface area contributed by atoms with Gasteiger partial charge in [-0.05, 0) is 31.0 Å². The summed E-state index contributed by atoms with van der Waals surface area (Å²) in [5.74, 6) is -1.68. The quantitative estimate of drug-likeness (QED) is 0.472. The van der Waals surface area contributed by atoms with Gasteiger partial charge in [0, 0.05) is 50.1 Å². The topological polar surface area (TPSA) is 80.1 Å². The molecule has 0 spiro atoms. The minimum Gasteiger partial charge on any atom is -0.314 e. The predicted octanol–water partition coefficient (Wildman–Crippen LogP) is 3.08. The van der Waals surface area contributed by atoms with Crippen LogP contribution in [-0.2, 0) is 17.8 Å². The summed E-state index contributed by atoms with van der Waals surface area (Å²) in [7, 11) is 0.0216. The van der Waals surface area contributed by atoms with Gasteiger partial charge in [-0.3, -0.25) is 13.6 Å². The number of benzene rings is 1. The van der Waals surface area contributed by atoms with Gasteiger partial charge in [-0.2, -0.15) is 0 Å². The summed E-state index contributed by atoms with van der Waals surface area (Å²) in [6, 6.07) is 3.81. The third-order valence-electron chi connectivity index (χ3n) is 4.89. The molecular weight excluding hydrogens is 432 g/mol. The second kappa shape index (κ2) is 8.40. The normalized spacial score (nSPS) is 15.6. The Labute approximate surface area is 178 Å². The first-order chi connectivity index (χ1) is 14.4. The summed E-state index contributed by atoms with van der Waals surface area (Å²) < 4.78 is 47.7. The van der Waals surface area contributed by atoms with Gasteiger partial charge in [-0.25, -0.2) is 23.1 Å². The highest BCUT2D eigenvalue weighted by atomic mass is 32.2. The molecule has 1 unspecified atom stereocenters. The first-order valence-electron chi connectivity index (χ1n) is 9.23. The van der Waals surface area contributed by atoms with Gasteiger partial charge >= 0.3 is 0 Å². The van der Waals surface area contributed by atoms with Crippen LogP contribution < -0.4 is 10.3 Å². The van der Waals surface area contributed by atoms with E-state index in [1.165, 1.54) is 48.3 Å². The lowest BCUT2D eigenvalue weighted by atomic mass is 10.0. The average molecular weight is 452 g/mol. The van der Waals surface area contributed by atoms with Crippen molar-refractivity contribution < 1.29 is 13.0 Å². The number of aryl methyl sites for hydroxylation is 1. The van der Waals surface area contributed by atoms with Crippen LogP contribution in [0, 0.1) is 11.6 Å². The van der Waals surface area contributed by atoms with E-state index >= 15 is 4.39 Å². The van der Waals surface area contributed by atoms with Gasteiger partial charge in [0.15, 0.2) is 5.82 Å². The van der Waals surface area contributed by atoms with Crippen LogP contribution in [0.4, 0.5) is 14.5 Å². The van der Waals surface area contributed by atoms with E-state index in [9.17, 15) is 13.4 Å². The SMILES string of the molecule is Cn1c(=O)c(-c2c(F)ccc(NSN3CCCC3)c2F)cc2cnc(S(C)=O)nc21. The highest BCUT2D eigenvalue weighted by Gasteiger charge is 2.22. The van der Waals surface area contributed by atoms with E-state index in [4.69, 9.17) is 0 Å². The molecule has 1 fully saturated rings. The van der Waals surface area contributed by atoms with Gasteiger partial charge in [0.05, 0.1) is 27.6 Å². The molecule has 1 atom stereocenters. The molecule has 1 N–H and O–H groups in total. The largest absolute Gasteiger partial charge is 0.314 e. The number of halogens is 2. The Balaban J connectivity index is 1.80. The summed E-state index contributed by atoms with van der Waals surface area (Å²) in [4.78, 5) is 21.1. The molecule has 0 aliphatic carbocycles. The highest BCUT2D eigenvalue weighted by Crippen LogP contribution is 2.32. The standard InChI is InChI=1S/C19H19F2N5O2S2/c1-25-17-11(10-22-19(23-17)30(2)28)9-12(18(25)27)15-13(20)5-6-14(16(15)21)24-29-26-7-3-4-8-26/h5-6,9-10,24H,3-4,7-8H2,1-2H3. The van der Waals surface area contributed by atoms with Gasteiger partial charge in [0.25, 0.3) is 5.56 Å². The number of hydrogen-bond donors (Lipinski definition) is 1. The van der Waals surface area contributed by atoms with Crippen LogP contribution in [0.25, 0.3) is 22.2 Å². The summed E-state index contributed by atoms with van der Waals surface area (Å²) in [6.07, 6.45) is 4.98. The fourth-order valence-corrected chi connectivity index (χ4v) is 4.56. The zero-order chi connectivity index (χ0) is 21.4. The Hall–Kier alpha value is -2.37. The lowest BCUT2D eigenvalue weighted by Crippen LogP contribution is -2.21. The summed E-state index contributed by atoms with van der Waals surface area (Å²) in [5, 5.41) is 0.484. The van der Waals surface area contributed by atoms with Crippen molar-refractivity contribution in [1.82, 2.24) is 18.8 Å². The van der Waals surface area contributed by atoms with Crippen LogP contribution in [0.3, 0.4) is 0 Å². The summed E-state index contributed by atoms with van der Waals surface area (Å²) in [5.41, 5.74) is -0.824. The highest BCUT2D eigenvalue weighted by molar-refractivity contribution is 7.98. The van der Waals surface area contributed by atoms with E-state index in [1.54, 1.807) is 0 Å². The molecular formula is C19H19F2N5O2S2. The van der Waals surface area contributed by atoms with Gasteiger partial charge in [0.1, 0.15) is 11.5 Å². The van der Waals surface area contributed by atoms with Crippen molar-refractivity contribution in [3.05, 3.63) is 46.4 Å². The molecule has 2 aromatic heterocycles. The molecule has 0 amide bonds. The molecule has 158 valence electrons. The van der Waals surface area contributed by atoms with Crippen LogP contribution in [0.15, 0.2) is 34.3 Å². The maximum atomic E-state index is 15.2. The molecule has 1 aliphatic heterocycles. The molecule has 11 heteroatoms. The summed E-state index contributed by atoms with van der Waals surface area (Å²) >= 11 is 1.26. The lowest BCUT2D eigenvalue weighted by molar-refractivity contribution is 0.585. The van der Waals surface area contributed by atoms with E-state index in [-0.39, 0.29) is 22.1 Å². The maximum Gasteiger partial charge on any atom is 0.260 e. The van der Waals surface area contributed by atoms with Crippen molar-refractivity contribution >= 4 is 39.7 Å². The van der Waals surface area contributed by atoms with E-state index in [1.807, 2.05) is 0 Å². The monoisotopic (exact) mass is 451 g/mol. The number of rotatable bonds is 5. The van der Waals surface area contributed by atoms with Gasteiger partial charge < -0.3 is 4.72 Å². The van der Waals surface area contributed by atoms with Gasteiger partial charge in [-0.15, -0.1) is 0 Å². The number of pyridine rings is 1. The van der Waals surface area contributed by atoms with Crippen LogP contribution in [-0.4, -0.2) is 42.4 Å². The third-order valence-corrected chi connectivity index (χ3v) is 6.54. The number of anilines is 1. The van der Waals surface area contributed by atoms with Crippen molar-refractivity contribution in [2.75, 3.05) is 24.1 Å². The van der Waals surface area contributed by atoms with Crippen LogP contribution >= 0.6 is 12.1 Å². The third kappa shape index (κ3) is 3.84. The lowest BCUT2D eigenvalue weighted by Gasteiger charge is -2.16. The molecule has 1 aliphatic rings. The number of fused-ring (bicyclic) bond motifs is 1. The first-order valence-corrected chi connectivity index (χ1v) is 11.6. The second-order valence-electron chi connectivity index (χ2n) is 6.92. The zero-order valence-electron chi connectivity index (χ0n) is 16.3. The van der Waals surface area contributed by atoms with Crippen molar-refractivity contribution in [2.24, 2.45) is 7.05 Å². The van der Waals surface area contributed by atoms with E-state index < -0.39 is 33.6 Å². The van der Waals surface area contributed by atoms with Gasteiger partial charge in [0.2, 0.25) is 5.16 Å². The molecule has 4 rings (SSSR count). The average Bonchev–Trinajstić information content (AvgIpc) is 3.24. The number of nitrogens with one attached hydrogen (secondary N) is 1. The van der Waals surface area contributed by atoms with Crippen LogP contribution in [0.5, 0.6) is 0 Å². The Bertz CT molecular complexity index is 1210. The number of nitrogens with zero attached hydrogens (tertiary/aromatic N) is 4. The zero-order valence-corrected chi connectivity index (χ0v) is 17.9. The Morgan fingerprint density at radius 2 is 1.97 bits per heavy atom. The fourth-order valence-electron chi connectivity index (χ4n) is 3.32. The van der Waals surface area contributed by atoms with Crippen molar-refractivity contribution in [3.63, 3.8) is 0 Å². The molecule has 0 bridgehead atoms. The van der Waals surface area contributed by atoms with E-state index in [0.717, 1.165) is 32.0 Å². The summed E-state index contributed by atoms with van der Waals surface area (Å²) in [6.45, 7) is 1.78. The number of hydrogen-bond acceptors (Lipinski definition) is 7. The van der Waals surface area contributed by atoms with Crippen molar-refractivity contribution in [2.45, 2.75) is 18.0 Å². The first kappa shape index (κ1) is 20.9. The Morgan fingerprint density at radius 1 is 1.23 bits per heavy atom. The molecule has 7 nitrogen and oxygen atoms in total. The number of aromatic nitrogens is 3. The molecule has 1 aromatic carbocycles. The van der Waals surface area contributed by atoms with Crippen LogP contribution in [0.2, 0.25) is 0 Å². The molecule has 30 heavy (non-hydrogen) atoms. The molecule has 3 aromatic rings. The molecule has 0 radical (unpaired) electrons. The maximum absolute atomic E-state index is 15.2. The minimum absolute atomic E-state index is 0.0766. The Morgan fingerprint density at radius 3 is 2.67 bits per heavy atom. The second-order valence-corrected chi connectivity index (χ2v) is 9.10. The molecule has 0 saturated carbocycles. The molecule has 1 saturated heterocycles. The van der Waals surface area contributed by atoms with E-state index in [0.29, 0.717) is 5.39 Å². The van der Waals surface area contributed by atoms with Crippen molar-refractivity contribution in [3.8, 4) is 11.1 Å². The smallest absolute Gasteiger partial charge is 0.260 e. The van der Waals surface area contributed by atoms with Crippen LogP contribution in [0.1, 0.15) is 12.8 Å². The fraction of sp³-hybridized carbons (Fsp3) is 0.316. The van der Waals surface area contributed by atoms with Gasteiger partial charge in [-0.1, -0.05) is 0 Å². The predicted molar refractivity (Wildman–Crippen MR) is 114 cm³/mol. The minimum atomic E-state index is -1.43.